The third-order valence-electron chi connectivity index (χ3n) is 2.72. The second-order valence-corrected chi connectivity index (χ2v) is 4.23. The third-order valence-corrected chi connectivity index (χ3v) is 2.92. The Morgan fingerprint density at radius 1 is 1.59 bits per heavy atom. The minimum atomic E-state index is -0.0563. The van der Waals surface area contributed by atoms with E-state index in [1.807, 2.05) is 23.9 Å². The Kier molecular flexibility index (Phi) is 3.83. The lowest BCUT2D eigenvalue weighted by molar-refractivity contribution is 0.399. The lowest BCUT2D eigenvalue weighted by Gasteiger charge is -2.12. The van der Waals surface area contributed by atoms with Gasteiger partial charge in [0.05, 0.1) is 6.04 Å². The molecule has 1 unspecified atom stereocenters. The van der Waals surface area contributed by atoms with Crippen LogP contribution < -0.4 is 11.3 Å². The van der Waals surface area contributed by atoms with Crippen molar-refractivity contribution in [2.75, 3.05) is 0 Å². The quantitative estimate of drug-likeness (QED) is 0.631. The van der Waals surface area contributed by atoms with Gasteiger partial charge in [-0.3, -0.25) is 5.84 Å². The number of rotatable bonds is 5. The molecule has 0 saturated carbocycles. The van der Waals surface area contributed by atoms with Crippen LogP contribution in [0.5, 0.6) is 0 Å². The highest BCUT2D eigenvalue weighted by molar-refractivity contribution is 6.28. The highest BCUT2D eigenvalue weighted by atomic mass is 35.5. The van der Waals surface area contributed by atoms with Crippen LogP contribution in [0.15, 0.2) is 28.9 Å². The Balaban J connectivity index is 1.99. The van der Waals surface area contributed by atoms with Crippen LogP contribution in [0.25, 0.3) is 0 Å². The largest absolute Gasteiger partial charge is 0.448 e. The van der Waals surface area contributed by atoms with Crippen LogP contribution >= 0.6 is 11.6 Å². The number of imidazole rings is 1. The summed E-state index contributed by atoms with van der Waals surface area (Å²) < 4.78 is 7.32. The molecule has 0 radical (unpaired) electrons. The Hall–Kier alpha value is -1.30. The standard InChI is InChI=1S/C11H15ClN4O/c1-16-7-6-14-11(16)5-2-8(15-13)9-3-4-10(12)17-9/h3-4,6-8,15H,2,5,13H2,1H3. The molecule has 0 aromatic carbocycles. The number of nitrogens with zero attached hydrogens (tertiary/aromatic N) is 2. The van der Waals surface area contributed by atoms with E-state index < -0.39 is 0 Å². The molecule has 0 fully saturated rings. The van der Waals surface area contributed by atoms with Gasteiger partial charge in [-0.15, -0.1) is 0 Å². The van der Waals surface area contributed by atoms with E-state index in [4.69, 9.17) is 21.9 Å². The van der Waals surface area contributed by atoms with Crippen molar-refractivity contribution >= 4 is 11.6 Å². The van der Waals surface area contributed by atoms with Gasteiger partial charge in [0.1, 0.15) is 11.6 Å². The topological polar surface area (TPSA) is 69.0 Å². The third kappa shape index (κ3) is 2.88. The van der Waals surface area contributed by atoms with Crippen molar-refractivity contribution in [2.45, 2.75) is 18.9 Å². The van der Waals surface area contributed by atoms with Gasteiger partial charge in [-0.1, -0.05) is 0 Å². The molecule has 1 atom stereocenters. The molecule has 0 spiro atoms. The Morgan fingerprint density at radius 2 is 2.41 bits per heavy atom. The predicted molar refractivity (Wildman–Crippen MR) is 65.3 cm³/mol. The molecule has 0 saturated heterocycles. The van der Waals surface area contributed by atoms with Gasteiger partial charge in [0.25, 0.3) is 0 Å². The molecule has 0 aliphatic carbocycles. The van der Waals surface area contributed by atoms with E-state index in [-0.39, 0.29) is 6.04 Å². The average Bonchev–Trinajstić information content (AvgIpc) is 2.90. The molecule has 17 heavy (non-hydrogen) atoms. The minimum absolute atomic E-state index is 0.0563. The fraction of sp³-hybridized carbons (Fsp3) is 0.364. The molecule has 5 nitrogen and oxygen atoms in total. The maximum atomic E-state index is 5.73. The van der Waals surface area contributed by atoms with Gasteiger partial charge in [0.2, 0.25) is 0 Å². The first kappa shape index (κ1) is 12.2. The Morgan fingerprint density at radius 3 is 2.94 bits per heavy atom. The molecule has 6 heteroatoms. The van der Waals surface area contributed by atoms with E-state index in [2.05, 4.69) is 10.4 Å². The first-order valence-electron chi connectivity index (χ1n) is 5.38. The van der Waals surface area contributed by atoms with Crippen molar-refractivity contribution < 1.29 is 4.42 Å². The average molecular weight is 255 g/mol. The zero-order valence-electron chi connectivity index (χ0n) is 9.56. The van der Waals surface area contributed by atoms with E-state index >= 15 is 0 Å². The lowest BCUT2D eigenvalue weighted by atomic mass is 10.1. The van der Waals surface area contributed by atoms with Crippen molar-refractivity contribution in [3.8, 4) is 0 Å². The molecule has 0 aliphatic rings. The molecule has 0 aliphatic heterocycles. The molecular formula is C11H15ClN4O. The second-order valence-electron chi connectivity index (χ2n) is 3.85. The normalized spacial score (nSPS) is 12.9. The second kappa shape index (κ2) is 5.35. The summed E-state index contributed by atoms with van der Waals surface area (Å²) in [6.45, 7) is 0. The number of hydrogen-bond acceptors (Lipinski definition) is 4. The Bertz CT molecular complexity index is 479. The fourth-order valence-corrected chi connectivity index (χ4v) is 1.89. The van der Waals surface area contributed by atoms with E-state index in [1.165, 1.54) is 0 Å². The summed E-state index contributed by atoms with van der Waals surface area (Å²) in [5.41, 5.74) is 2.72. The fourth-order valence-electron chi connectivity index (χ4n) is 1.73. The molecule has 0 bridgehead atoms. The van der Waals surface area contributed by atoms with Gasteiger partial charge in [-0.25, -0.2) is 10.4 Å². The molecule has 2 heterocycles. The summed E-state index contributed by atoms with van der Waals surface area (Å²) in [5, 5.41) is 0.372. The predicted octanol–water partition coefficient (Wildman–Crippen LogP) is 1.80. The van der Waals surface area contributed by atoms with Crippen LogP contribution in [-0.2, 0) is 13.5 Å². The van der Waals surface area contributed by atoms with Crippen molar-refractivity contribution in [2.24, 2.45) is 12.9 Å². The number of nitrogens with two attached hydrogens (primary N) is 1. The summed E-state index contributed by atoms with van der Waals surface area (Å²) in [5.74, 6) is 7.27. The maximum absolute atomic E-state index is 5.73. The number of hydrogen-bond donors (Lipinski definition) is 2. The highest BCUT2D eigenvalue weighted by Crippen LogP contribution is 2.22. The summed E-state index contributed by atoms with van der Waals surface area (Å²) in [6, 6.07) is 3.48. The SMILES string of the molecule is Cn1ccnc1CCC(NN)c1ccc(Cl)o1. The van der Waals surface area contributed by atoms with Crippen LogP contribution in [0, 0.1) is 0 Å². The molecule has 2 aromatic rings. The number of furan rings is 1. The van der Waals surface area contributed by atoms with Gasteiger partial charge in [0.15, 0.2) is 5.22 Å². The monoisotopic (exact) mass is 254 g/mol. The van der Waals surface area contributed by atoms with E-state index in [9.17, 15) is 0 Å². The van der Waals surface area contributed by atoms with E-state index in [0.29, 0.717) is 5.22 Å². The van der Waals surface area contributed by atoms with Crippen LogP contribution in [0.2, 0.25) is 5.22 Å². The van der Waals surface area contributed by atoms with Crippen LogP contribution in [-0.4, -0.2) is 9.55 Å². The lowest BCUT2D eigenvalue weighted by Crippen LogP contribution is -2.28. The van der Waals surface area contributed by atoms with Crippen molar-refractivity contribution in [1.29, 1.82) is 0 Å². The number of aryl methyl sites for hydroxylation is 2. The molecule has 0 amide bonds. The first-order chi connectivity index (χ1) is 8.20. The summed E-state index contributed by atoms with van der Waals surface area (Å²) in [6.07, 6.45) is 5.32. The van der Waals surface area contributed by atoms with Crippen LogP contribution in [0.4, 0.5) is 0 Å². The number of aromatic nitrogens is 2. The van der Waals surface area contributed by atoms with Gasteiger partial charge in [-0.05, 0) is 30.2 Å². The molecule has 2 rings (SSSR count). The first-order valence-corrected chi connectivity index (χ1v) is 5.76. The van der Waals surface area contributed by atoms with Gasteiger partial charge >= 0.3 is 0 Å². The zero-order valence-corrected chi connectivity index (χ0v) is 10.3. The zero-order chi connectivity index (χ0) is 12.3. The van der Waals surface area contributed by atoms with E-state index in [1.54, 1.807) is 12.3 Å². The summed E-state index contributed by atoms with van der Waals surface area (Å²) in [7, 11) is 1.97. The van der Waals surface area contributed by atoms with Crippen LogP contribution in [0.1, 0.15) is 24.0 Å². The molecule has 92 valence electrons. The van der Waals surface area contributed by atoms with Crippen molar-refractivity contribution in [1.82, 2.24) is 15.0 Å². The molecular weight excluding hydrogens is 240 g/mol. The van der Waals surface area contributed by atoms with Gasteiger partial charge in [0, 0.05) is 25.9 Å². The highest BCUT2D eigenvalue weighted by Gasteiger charge is 2.14. The maximum Gasteiger partial charge on any atom is 0.193 e. The number of halogens is 1. The number of nitrogens with one attached hydrogen (secondary N) is 1. The molecule has 2 aromatic heterocycles. The van der Waals surface area contributed by atoms with E-state index in [0.717, 1.165) is 24.4 Å². The summed E-state index contributed by atoms with van der Waals surface area (Å²) >= 11 is 5.73. The van der Waals surface area contributed by atoms with Crippen molar-refractivity contribution in [3.63, 3.8) is 0 Å². The van der Waals surface area contributed by atoms with Gasteiger partial charge in [-0.2, -0.15) is 0 Å². The smallest absolute Gasteiger partial charge is 0.193 e. The van der Waals surface area contributed by atoms with Gasteiger partial charge < -0.3 is 8.98 Å². The Labute approximate surface area is 105 Å². The van der Waals surface area contributed by atoms with Crippen molar-refractivity contribution in [3.05, 3.63) is 41.3 Å². The van der Waals surface area contributed by atoms with Crippen LogP contribution in [0.3, 0.4) is 0 Å². The molecule has 3 N–H and O–H groups in total. The number of hydrazine groups is 1. The minimum Gasteiger partial charge on any atom is -0.448 e. The summed E-state index contributed by atoms with van der Waals surface area (Å²) in [4.78, 5) is 4.26.